The number of benzene rings is 1. The summed E-state index contributed by atoms with van der Waals surface area (Å²) in [5.41, 5.74) is 1.16. The molecule has 23 heavy (non-hydrogen) atoms. The molecule has 0 aliphatic rings. The van der Waals surface area contributed by atoms with Crippen LogP contribution < -0.4 is 14.8 Å². The Morgan fingerprint density at radius 1 is 1.35 bits per heavy atom. The highest BCUT2D eigenvalue weighted by atomic mass is 32.2. The lowest BCUT2D eigenvalue weighted by atomic mass is 10.2. The van der Waals surface area contributed by atoms with Crippen molar-refractivity contribution in [2.75, 3.05) is 26.0 Å². The van der Waals surface area contributed by atoms with Crippen LogP contribution >= 0.6 is 11.8 Å². The number of para-hydroxylation sites is 1. The van der Waals surface area contributed by atoms with Gasteiger partial charge in [0.15, 0.2) is 11.5 Å². The summed E-state index contributed by atoms with van der Waals surface area (Å²) < 4.78 is 12.8. The van der Waals surface area contributed by atoms with Gasteiger partial charge >= 0.3 is 0 Å². The molecule has 7 nitrogen and oxygen atoms in total. The molecule has 8 heteroatoms. The van der Waals surface area contributed by atoms with E-state index in [4.69, 9.17) is 9.47 Å². The van der Waals surface area contributed by atoms with Gasteiger partial charge in [-0.15, -0.1) is 5.10 Å². The molecule has 0 bridgehead atoms. The van der Waals surface area contributed by atoms with Gasteiger partial charge in [-0.3, -0.25) is 0 Å². The molecule has 0 fully saturated rings. The summed E-state index contributed by atoms with van der Waals surface area (Å²) in [5, 5.41) is 14.5. The van der Waals surface area contributed by atoms with Crippen molar-refractivity contribution in [3.8, 4) is 11.5 Å². The van der Waals surface area contributed by atoms with E-state index in [0.29, 0.717) is 6.61 Å². The number of quaternary nitrogens is 1. The summed E-state index contributed by atoms with van der Waals surface area (Å²) in [4.78, 5) is 0. The summed E-state index contributed by atoms with van der Waals surface area (Å²) in [7, 11) is 3.52. The maximum absolute atomic E-state index is 5.73. The predicted octanol–water partition coefficient (Wildman–Crippen LogP) is 0.863. The van der Waals surface area contributed by atoms with E-state index in [1.54, 1.807) is 23.6 Å². The quantitative estimate of drug-likeness (QED) is 0.511. The fourth-order valence-corrected chi connectivity index (χ4v) is 2.99. The number of rotatable bonds is 10. The summed E-state index contributed by atoms with van der Waals surface area (Å²) in [6.07, 6.45) is 1.09. The minimum absolute atomic E-state index is 0.635. The zero-order valence-corrected chi connectivity index (χ0v) is 14.7. The van der Waals surface area contributed by atoms with Crippen LogP contribution in [-0.4, -0.2) is 46.2 Å². The van der Waals surface area contributed by atoms with Gasteiger partial charge in [0.05, 0.1) is 25.8 Å². The van der Waals surface area contributed by atoms with Crippen molar-refractivity contribution in [2.24, 2.45) is 7.05 Å². The van der Waals surface area contributed by atoms with E-state index in [2.05, 4.69) is 26.9 Å². The minimum atomic E-state index is 0.635. The highest BCUT2D eigenvalue weighted by Crippen LogP contribution is 2.30. The third-order valence-electron chi connectivity index (χ3n) is 3.30. The molecule has 0 saturated carbocycles. The lowest BCUT2D eigenvalue weighted by molar-refractivity contribution is -0.670. The number of methoxy groups -OCH3 is 1. The van der Waals surface area contributed by atoms with E-state index in [1.165, 1.54) is 0 Å². The zero-order valence-electron chi connectivity index (χ0n) is 13.9. The molecule has 0 unspecified atom stereocenters. The fraction of sp³-hybridized carbons (Fsp3) is 0.533. The van der Waals surface area contributed by atoms with Crippen molar-refractivity contribution < 1.29 is 14.8 Å². The molecule has 0 saturated heterocycles. The fourth-order valence-electron chi connectivity index (χ4n) is 2.18. The Labute approximate surface area is 140 Å². The van der Waals surface area contributed by atoms with Crippen LogP contribution in [0.4, 0.5) is 0 Å². The SMILES string of the molecule is CCOc1c(C[NH2+]CCCSc2nnnn2C)cccc1OC. The molecule has 0 spiro atoms. The number of aryl methyl sites for hydroxylation is 1. The highest BCUT2D eigenvalue weighted by Gasteiger charge is 2.11. The van der Waals surface area contributed by atoms with Crippen molar-refractivity contribution in [1.82, 2.24) is 20.2 Å². The first-order chi connectivity index (χ1) is 11.3. The lowest BCUT2D eigenvalue weighted by Gasteiger charge is -2.13. The van der Waals surface area contributed by atoms with Gasteiger partial charge < -0.3 is 14.8 Å². The molecule has 0 radical (unpaired) electrons. The van der Waals surface area contributed by atoms with Crippen molar-refractivity contribution in [3.05, 3.63) is 23.8 Å². The average Bonchev–Trinajstić information content (AvgIpc) is 2.97. The van der Waals surface area contributed by atoms with Gasteiger partial charge in [-0.05, 0) is 29.5 Å². The smallest absolute Gasteiger partial charge is 0.209 e. The first-order valence-electron chi connectivity index (χ1n) is 7.71. The summed E-state index contributed by atoms with van der Waals surface area (Å²) in [5.74, 6) is 2.65. The van der Waals surface area contributed by atoms with E-state index < -0.39 is 0 Å². The second-order valence-electron chi connectivity index (χ2n) is 4.95. The summed E-state index contributed by atoms with van der Waals surface area (Å²) >= 11 is 1.68. The first-order valence-corrected chi connectivity index (χ1v) is 8.70. The number of ether oxygens (including phenoxy) is 2. The van der Waals surface area contributed by atoms with E-state index in [9.17, 15) is 0 Å². The van der Waals surface area contributed by atoms with Gasteiger partial charge in [-0.1, -0.05) is 17.8 Å². The third-order valence-corrected chi connectivity index (χ3v) is 4.40. The van der Waals surface area contributed by atoms with Gasteiger partial charge in [-0.2, -0.15) is 0 Å². The van der Waals surface area contributed by atoms with Gasteiger partial charge in [0.25, 0.3) is 0 Å². The van der Waals surface area contributed by atoms with Crippen LogP contribution in [0.2, 0.25) is 0 Å². The van der Waals surface area contributed by atoms with Crippen LogP contribution in [-0.2, 0) is 13.6 Å². The van der Waals surface area contributed by atoms with Gasteiger partial charge in [0, 0.05) is 19.2 Å². The molecule has 0 aliphatic carbocycles. The maximum Gasteiger partial charge on any atom is 0.209 e. The van der Waals surface area contributed by atoms with Crippen molar-refractivity contribution in [2.45, 2.75) is 25.0 Å². The monoisotopic (exact) mass is 338 g/mol. The van der Waals surface area contributed by atoms with Gasteiger partial charge in [0.2, 0.25) is 5.16 Å². The van der Waals surface area contributed by atoms with Crippen LogP contribution in [0.15, 0.2) is 23.4 Å². The van der Waals surface area contributed by atoms with Crippen LogP contribution in [0.25, 0.3) is 0 Å². The van der Waals surface area contributed by atoms with E-state index in [0.717, 1.165) is 47.5 Å². The lowest BCUT2D eigenvalue weighted by Crippen LogP contribution is -2.82. The molecule has 2 N–H and O–H groups in total. The largest absolute Gasteiger partial charge is 0.493 e. The molecule has 1 aromatic heterocycles. The minimum Gasteiger partial charge on any atom is -0.493 e. The Bertz CT molecular complexity index is 605. The first kappa shape index (κ1) is 17.6. The van der Waals surface area contributed by atoms with Crippen LogP contribution in [0.3, 0.4) is 0 Å². The Kier molecular flexibility index (Phi) is 7.15. The number of aromatic nitrogens is 4. The Morgan fingerprint density at radius 3 is 2.91 bits per heavy atom. The second-order valence-corrected chi connectivity index (χ2v) is 6.01. The molecule has 0 amide bonds. The molecule has 1 aromatic carbocycles. The molecule has 126 valence electrons. The molecule has 0 atom stereocenters. The van der Waals surface area contributed by atoms with E-state index >= 15 is 0 Å². The Hall–Kier alpha value is -1.80. The number of nitrogens with two attached hydrogens (primary N) is 1. The predicted molar refractivity (Wildman–Crippen MR) is 88.8 cm³/mol. The maximum atomic E-state index is 5.73. The van der Waals surface area contributed by atoms with Crippen LogP contribution in [0.1, 0.15) is 18.9 Å². The normalized spacial score (nSPS) is 10.7. The molecular weight excluding hydrogens is 314 g/mol. The van der Waals surface area contributed by atoms with Crippen molar-refractivity contribution in [3.63, 3.8) is 0 Å². The van der Waals surface area contributed by atoms with Gasteiger partial charge in [-0.25, -0.2) is 4.68 Å². The summed E-state index contributed by atoms with van der Waals surface area (Å²) in [6, 6.07) is 6.02. The van der Waals surface area contributed by atoms with E-state index in [-0.39, 0.29) is 0 Å². The number of hydrogen-bond donors (Lipinski definition) is 1. The zero-order chi connectivity index (χ0) is 16.5. The molecule has 1 heterocycles. The van der Waals surface area contributed by atoms with E-state index in [1.807, 2.05) is 26.1 Å². The molecule has 2 rings (SSSR count). The standard InChI is InChI=1S/C15H23N5O2S/c1-4-22-14-12(7-5-8-13(14)21-3)11-16-9-6-10-23-15-17-18-19-20(15)2/h5,7-8,16H,4,6,9-11H2,1-3H3/p+1. The second kappa shape index (κ2) is 9.36. The van der Waals surface area contributed by atoms with Crippen molar-refractivity contribution in [1.29, 1.82) is 0 Å². The average molecular weight is 338 g/mol. The number of thioether (sulfide) groups is 1. The highest BCUT2D eigenvalue weighted by molar-refractivity contribution is 7.99. The molecule has 2 aromatic rings. The Morgan fingerprint density at radius 2 is 2.22 bits per heavy atom. The van der Waals surface area contributed by atoms with Crippen LogP contribution in [0, 0.1) is 0 Å². The van der Waals surface area contributed by atoms with Gasteiger partial charge in [0.1, 0.15) is 6.54 Å². The van der Waals surface area contributed by atoms with Crippen molar-refractivity contribution >= 4 is 11.8 Å². The number of nitrogens with zero attached hydrogens (tertiary/aromatic N) is 4. The Balaban J connectivity index is 1.74. The third kappa shape index (κ3) is 5.11. The molecular formula is C15H24N5O2S+. The van der Waals surface area contributed by atoms with Crippen LogP contribution in [0.5, 0.6) is 11.5 Å². The number of tetrazole rings is 1. The number of hydrogen-bond acceptors (Lipinski definition) is 6. The summed E-state index contributed by atoms with van der Waals surface area (Å²) in [6.45, 7) is 4.54. The topological polar surface area (TPSA) is 78.7 Å². The molecule has 0 aliphatic heterocycles.